The van der Waals surface area contributed by atoms with Gasteiger partial charge in [-0.15, -0.1) is 0 Å². The van der Waals surface area contributed by atoms with Crippen LogP contribution in [0, 0.1) is 0 Å². The van der Waals surface area contributed by atoms with Crippen LogP contribution in [0.1, 0.15) is 31.7 Å². The van der Waals surface area contributed by atoms with Crippen LogP contribution in [0.15, 0.2) is 109 Å². The van der Waals surface area contributed by atoms with Gasteiger partial charge in [0, 0.05) is 17.1 Å². The molecular weight excluding hydrogens is 378 g/mol. The first-order valence-corrected chi connectivity index (χ1v) is 12.2. The number of anilines is 3. The van der Waals surface area contributed by atoms with Crippen molar-refractivity contribution in [2.45, 2.75) is 26.2 Å². The van der Waals surface area contributed by atoms with Crippen molar-refractivity contribution >= 4 is 37.0 Å². The van der Waals surface area contributed by atoms with E-state index in [2.05, 4.69) is 128 Å². The molecule has 4 rings (SSSR count). The number of benzene rings is 4. The zero-order chi connectivity index (χ0) is 20.8. The van der Waals surface area contributed by atoms with Gasteiger partial charge in [0.2, 0.25) is 0 Å². The molecule has 0 heterocycles. The van der Waals surface area contributed by atoms with Crippen molar-refractivity contribution in [2.24, 2.45) is 0 Å². The van der Waals surface area contributed by atoms with Crippen molar-refractivity contribution in [2.75, 3.05) is 4.90 Å². The first-order valence-electron chi connectivity index (χ1n) is 10.8. The fourth-order valence-electron chi connectivity index (χ4n) is 3.81. The fourth-order valence-corrected chi connectivity index (χ4v) is 5.26. The van der Waals surface area contributed by atoms with Crippen LogP contribution in [-0.4, -0.2) is 9.52 Å². The highest BCUT2D eigenvalue weighted by molar-refractivity contribution is 6.67. The minimum Gasteiger partial charge on any atom is -0.311 e. The largest absolute Gasteiger partial charge is 0.311 e. The Balaban J connectivity index is 1.65. The van der Waals surface area contributed by atoms with Gasteiger partial charge in [-0.3, -0.25) is 0 Å². The Morgan fingerprint density at radius 2 is 1.07 bits per heavy atom. The Morgan fingerprint density at radius 1 is 0.600 bits per heavy atom. The molecule has 1 unspecified atom stereocenters. The summed E-state index contributed by atoms with van der Waals surface area (Å²) in [6.45, 7) is 4.54. The number of rotatable bonds is 7. The van der Waals surface area contributed by atoms with Gasteiger partial charge in [0.15, 0.2) is 0 Å². The van der Waals surface area contributed by atoms with Crippen molar-refractivity contribution < 1.29 is 0 Å². The molecule has 0 aliphatic heterocycles. The summed E-state index contributed by atoms with van der Waals surface area (Å²) in [6.07, 6.45) is 1.16. The average molecular weight is 408 g/mol. The van der Waals surface area contributed by atoms with Gasteiger partial charge in [-0.05, 0) is 54.3 Å². The lowest BCUT2D eigenvalue weighted by atomic mass is 9.98. The van der Waals surface area contributed by atoms with Crippen LogP contribution < -0.4 is 15.3 Å². The van der Waals surface area contributed by atoms with Crippen LogP contribution in [0.3, 0.4) is 0 Å². The smallest absolute Gasteiger partial charge is 0.0875 e. The minimum absolute atomic E-state index is 0.436. The predicted octanol–water partition coefficient (Wildman–Crippen LogP) is 5.79. The molecule has 4 aromatic carbocycles. The average Bonchev–Trinajstić information content (AvgIpc) is 2.82. The van der Waals surface area contributed by atoms with Crippen LogP contribution in [0.4, 0.5) is 17.1 Å². The van der Waals surface area contributed by atoms with Gasteiger partial charge in [0.1, 0.15) is 0 Å². The van der Waals surface area contributed by atoms with Gasteiger partial charge >= 0.3 is 0 Å². The summed E-state index contributed by atoms with van der Waals surface area (Å²) in [4.78, 5) is 2.34. The first-order chi connectivity index (χ1) is 14.7. The highest BCUT2D eigenvalue weighted by atomic mass is 28.2. The van der Waals surface area contributed by atoms with E-state index in [-0.39, 0.29) is 0 Å². The van der Waals surface area contributed by atoms with E-state index < -0.39 is 9.52 Å². The molecule has 0 N–H and O–H groups in total. The second-order valence-corrected chi connectivity index (χ2v) is 9.89. The van der Waals surface area contributed by atoms with Gasteiger partial charge in [0.25, 0.3) is 0 Å². The molecule has 0 fully saturated rings. The topological polar surface area (TPSA) is 3.24 Å². The van der Waals surface area contributed by atoms with E-state index in [0.717, 1.165) is 6.42 Å². The van der Waals surface area contributed by atoms with Crippen molar-refractivity contribution in [3.63, 3.8) is 0 Å². The van der Waals surface area contributed by atoms with Crippen molar-refractivity contribution in [1.82, 2.24) is 0 Å². The Kier molecular flexibility index (Phi) is 6.46. The number of para-hydroxylation sites is 1. The fraction of sp³-hybridized carbons (Fsp3) is 0.143. The molecule has 30 heavy (non-hydrogen) atoms. The molecule has 2 heteroatoms. The molecule has 0 spiro atoms. The number of hydrogen-bond acceptors (Lipinski definition) is 1. The van der Waals surface area contributed by atoms with Crippen LogP contribution in [0.5, 0.6) is 0 Å². The molecule has 150 valence electrons. The summed E-state index contributed by atoms with van der Waals surface area (Å²) in [7, 11) is -0.436. The van der Waals surface area contributed by atoms with Crippen molar-refractivity contribution in [3.05, 3.63) is 115 Å². The van der Waals surface area contributed by atoms with Crippen LogP contribution in [0.2, 0.25) is 0 Å². The maximum Gasteiger partial charge on any atom is 0.0875 e. The predicted molar refractivity (Wildman–Crippen MR) is 134 cm³/mol. The van der Waals surface area contributed by atoms with E-state index in [0.29, 0.717) is 5.92 Å². The summed E-state index contributed by atoms with van der Waals surface area (Å²) < 4.78 is 0. The Hall–Kier alpha value is -3.10. The summed E-state index contributed by atoms with van der Waals surface area (Å²) in [5.74, 6) is 0.589. The molecule has 1 atom stereocenters. The van der Waals surface area contributed by atoms with Gasteiger partial charge in [-0.25, -0.2) is 0 Å². The third-order valence-corrected chi connectivity index (χ3v) is 7.55. The SMILES string of the molecule is CCC(C)c1ccc(N(c2ccccc2)c2ccc([SiH2]c3ccccc3)cc2)cc1. The van der Waals surface area contributed by atoms with Gasteiger partial charge in [0.05, 0.1) is 9.52 Å². The van der Waals surface area contributed by atoms with Crippen molar-refractivity contribution in [3.8, 4) is 0 Å². The molecule has 1 nitrogen and oxygen atoms in total. The zero-order valence-corrected chi connectivity index (χ0v) is 19.2. The Morgan fingerprint density at radius 3 is 1.63 bits per heavy atom. The molecule has 0 radical (unpaired) electrons. The first kappa shape index (κ1) is 20.2. The molecule has 0 saturated carbocycles. The third-order valence-electron chi connectivity index (χ3n) is 5.79. The Bertz CT molecular complexity index is 1040. The van der Waals surface area contributed by atoms with E-state index in [4.69, 9.17) is 0 Å². The highest BCUT2D eigenvalue weighted by Crippen LogP contribution is 2.34. The van der Waals surface area contributed by atoms with Gasteiger partial charge in [-0.2, -0.15) is 0 Å². The molecule has 4 aromatic rings. The van der Waals surface area contributed by atoms with Crippen molar-refractivity contribution in [1.29, 1.82) is 0 Å². The quantitative estimate of drug-likeness (QED) is 0.351. The second kappa shape index (κ2) is 9.60. The maximum atomic E-state index is 2.34. The van der Waals surface area contributed by atoms with Crippen LogP contribution >= 0.6 is 0 Å². The monoisotopic (exact) mass is 407 g/mol. The third kappa shape index (κ3) is 4.72. The van der Waals surface area contributed by atoms with E-state index >= 15 is 0 Å². The number of hydrogen-bond donors (Lipinski definition) is 0. The zero-order valence-electron chi connectivity index (χ0n) is 17.8. The van der Waals surface area contributed by atoms with Crippen LogP contribution in [0.25, 0.3) is 0 Å². The van der Waals surface area contributed by atoms with Gasteiger partial charge in [-0.1, -0.05) is 97.0 Å². The lowest BCUT2D eigenvalue weighted by Gasteiger charge is -2.26. The summed E-state index contributed by atoms with van der Waals surface area (Å²) in [5, 5.41) is 2.94. The molecule has 0 amide bonds. The standard InChI is InChI=1S/C28H29NSi/c1-3-22(2)23-14-16-25(17-15-23)29(24-10-6-4-7-11-24)26-18-20-28(21-19-26)30-27-12-8-5-9-13-27/h4-22H,3,30H2,1-2H3. The number of nitrogens with zero attached hydrogens (tertiary/aromatic N) is 1. The van der Waals surface area contributed by atoms with E-state index in [1.165, 1.54) is 33.0 Å². The molecule has 0 aliphatic carbocycles. The summed E-state index contributed by atoms with van der Waals surface area (Å²) >= 11 is 0. The maximum absolute atomic E-state index is 2.34. The molecule has 0 bridgehead atoms. The van der Waals surface area contributed by atoms with E-state index in [9.17, 15) is 0 Å². The van der Waals surface area contributed by atoms with Crippen LogP contribution in [-0.2, 0) is 0 Å². The Labute approximate surface area is 182 Å². The summed E-state index contributed by atoms with van der Waals surface area (Å²) in [5.41, 5.74) is 4.98. The minimum atomic E-state index is -0.436. The second-order valence-electron chi connectivity index (χ2n) is 7.90. The van der Waals surface area contributed by atoms with E-state index in [1.807, 2.05) is 0 Å². The molecule has 0 aromatic heterocycles. The van der Waals surface area contributed by atoms with Gasteiger partial charge < -0.3 is 4.90 Å². The molecular formula is C28H29NSi. The lowest BCUT2D eigenvalue weighted by Crippen LogP contribution is -2.26. The lowest BCUT2D eigenvalue weighted by molar-refractivity contribution is 0.733. The summed E-state index contributed by atoms with van der Waals surface area (Å²) in [6, 6.07) is 39.7. The normalized spacial score (nSPS) is 12.2. The highest BCUT2D eigenvalue weighted by Gasteiger charge is 2.13. The molecule has 0 aliphatic rings. The van der Waals surface area contributed by atoms with E-state index in [1.54, 1.807) is 0 Å². The molecule has 0 saturated heterocycles.